The zero-order chi connectivity index (χ0) is 12.6. The molecule has 1 saturated heterocycles. The van der Waals surface area contributed by atoms with Crippen LogP contribution in [0.5, 0.6) is 0 Å². The molecule has 96 valence electrons. The van der Waals surface area contributed by atoms with Gasteiger partial charge in [0, 0.05) is 38.8 Å². The van der Waals surface area contributed by atoms with Crippen molar-refractivity contribution in [1.29, 1.82) is 0 Å². The second-order valence-corrected chi connectivity index (χ2v) is 4.52. The summed E-state index contributed by atoms with van der Waals surface area (Å²) in [6.45, 7) is 6.28. The van der Waals surface area contributed by atoms with Gasteiger partial charge in [-0.1, -0.05) is 25.2 Å². The number of aromatic nitrogens is 1. The van der Waals surface area contributed by atoms with E-state index in [2.05, 4.69) is 40.0 Å². The molecule has 0 spiro atoms. The molecule has 3 heteroatoms. The van der Waals surface area contributed by atoms with E-state index in [9.17, 15) is 0 Å². The second kappa shape index (κ2) is 7.03. The fourth-order valence-electron chi connectivity index (χ4n) is 2.05. The van der Waals surface area contributed by atoms with Crippen molar-refractivity contribution in [2.24, 2.45) is 0 Å². The molecule has 1 aliphatic rings. The molecule has 1 fully saturated rings. The highest BCUT2D eigenvalue weighted by molar-refractivity contribution is 5.55. The van der Waals surface area contributed by atoms with Crippen LogP contribution in [0, 0.1) is 11.8 Å². The van der Waals surface area contributed by atoms with Gasteiger partial charge in [0.25, 0.3) is 0 Å². The average molecular weight is 243 g/mol. The Kier molecular flexibility index (Phi) is 5.04. The van der Waals surface area contributed by atoms with Crippen molar-refractivity contribution in [3.8, 4) is 11.8 Å². The van der Waals surface area contributed by atoms with Gasteiger partial charge in [0.15, 0.2) is 0 Å². The van der Waals surface area contributed by atoms with Crippen molar-refractivity contribution in [3.63, 3.8) is 0 Å². The van der Waals surface area contributed by atoms with Gasteiger partial charge < -0.3 is 10.2 Å². The van der Waals surface area contributed by atoms with Gasteiger partial charge in [-0.3, -0.25) is 0 Å². The summed E-state index contributed by atoms with van der Waals surface area (Å²) in [6.07, 6.45) is 5.21. The number of pyridine rings is 1. The molecule has 2 heterocycles. The highest BCUT2D eigenvalue weighted by Gasteiger charge is 2.13. The van der Waals surface area contributed by atoms with Gasteiger partial charge >= 0.3 is 0 Å². The van der Waals surface area contributed by atoms with Crippen molar-refractivity contribution in [2.45, 2.75) is 26.2 Å². The van der Waals surface area contributed by atoms with Crippen molar-refractivity contribution in [3.05, 3.63) is 23.9 Å². The first-order chi connectivity index (χ1) is 8.92. The lowest BCUT2D eigenvalue weighted by Crippen LogP contribution is -2.44. The molecule has 18 heavy (non-hydrogen) atoms. The topological polar surface area (TPSA) is 28.2 Å². The van der Waals surface area contributed by atoms with E-state index in [0.29, 0.717) is 0 Å². The Morgan fingerprint density at radius 3 is 3.00 bits per heavy atom. The second-order valence-electron chi connectivity index (χ2n) is 4.52. The number of hydrogen-bond donors (Lipinski definition) is 1. The third-order valence-electron chi connectivity index (χ3n) is 3.08. The van der Waals surface area contributed by atoms with E-state index < -0.39 is 0 Å². The Bertz CT molecular complexity index is 425. The zero-order valence-corrected chi connectivity index (χ0v) is 11.1. The van der Waals surface area contributed by atoms with Gasteiger partial charge in [-0.25, -0.2) is 4.98 Å². The summed E-state index contributed by atoms with van der Waals surface area (Å²) >= 11 is 0. The Morgan fingerprint density at radius 1 is 1.39 bits per heavy atom. The number of unbranched alkanes of at least 4 members (excludes halogenated alkanes) is 2. The molecule has 0 amide bonds. The van der Waals surface area contributed by atoms with E-state index in [0.717, 1.165) is 44.0 Å². The molecule has 3 nitrogen and oxygen atoms in total. The maximum Gasteiger partial charge on any atom is 0.144 e. The van der Waals surface area contributed by atoms with Crippen LogP contribution in [0.15, 0.2) is 18.3 Å². The molecular formula is C15H21N3. The summed E-state index contributed by atoms with van der Waals surface area (Å²) in [6, 6.07) is 4.04. The van der Waals surface area contributed by atoms with Crippen LogP contribution >= 0.6 is 0 Å². The SMILES string of the molecule is CCCCC#Cc1cccnc1N1CCNCC1. The Balaban J connectivity index is 2.10. The van der Waals surface area contributed by atoms with Crippen LogP contribution in [0.25, 0.3) is 0 Å². The standard InChI is InChI=1S/C15H21N3/c1-2-3-4-5-7-14-8-6-9-17-15(14)18-12-10-16-11-13-18/h6,8-9,16H,2-4,10-13H2,1H3. The molecule has 1 N–H and O–H groups in total. The van der Waals surface area contributed by atoms with Gasteiger partial charge in [-0.15, -0.1) is 0 Å². The normalized spacial score (nSPS) is 15.1. The third-order valence-corrected chi connectivity index (χ3v) is 3.08. The number of nitrogens with zero attached hydrogens (tertiary/aromatic N) is 2. The summed E-state index contributed by atoms with van der Waals surface area (Å²) in [7, 11) is 0. The Hall–Kier alpha value is -1.53. The summed E-state index contributed by atoms with van der Waals surface area (Å²) < 4.78 is 0. The minimum Gasteiger partial charge on any atom is -0.353 e. The Morgan fingerprint density at radius 2 is 2.22 bits per heavy atom. The lowest BCUT2D eigenvalue weighted by molar-refractivity contribution is 0.584. The van der Waals surface area contributed by atoms with E-state index in [4.69, 9.17) is 0 Å². The maximum absolute atomic E-state index is 4.50. The molecule has 2 rings (SSSR count). The third kappa shape index (κ3) is 3.48. The predicted molar refractivity (Wildman–Crippen MR) is 75.7 cm³/mol. The molecule has 0 unspecified atom stereocenters. The fourth-order valence-corrected chi connectivity index (χ4v) is 2.05. The van der Waals surface area contributed by atoms with Crippen molar-refractivity contribution in [2.75, 3.05) is 31.1 Å². The number of anilines is 1. The number of piperazine rings is 1. The lowest BCUT2D eigenvalue weighted by atomic mass is 10.2. The summed E-state index contributed by atoms with van der Waals surface area (Å²) in [4.78, 5) is 6.82. The first-order valence-electron chi connectivity index (χ1n) is 6.81. The average Bonchev–Trinajstić information content (AvgIpc) is 2.45. The van der Waals surface area contributed by atoms with Crippen LogP contribution in [-0.4, -0.2) is 31.2 Å². The van der Waals surface area contributed by atoms with Crippen LogP contribution < -0.4 is 10.2 Å². The quantitative estimate of drug-likeness (QED) is 0.650. The van der Waals surface area contributed by atoms with Crippen molar-refractivity contribution >= 4 is 5.82 Å². The van der Waals surface area contributed by atoms with Gasteiger partial charge in [0.1, 0.15) is 5.82 Å². The highest BCUT2D eigenvalue weighted by atomic mass is 15.2. The van der Waals surface area contributed by atoms with Gasteiger partial charge in [-0.05, 0) is 18.6 Å². The summed E-state index contributed by atoms with van der Waals surface area (Å²) in [5, 5.41) is 3.36. The molecule has 0 atom stereocenters. The van der Waals surface area contributed by atoms with Crippen LogP contribution in [0.4, 0.5) is 5.82 Å². The van der Waals surface area contributed by atoms with E-state index in [-0.39, 0.29) is 0 Å². The van der Waals surface area contributed by atoms with Crippen LogP contribution in [0.2, 0.25) is 0 Å². The largest absolute Gasteiger partial charge is 0.353 e. The van der Waals surface area contributed by atoms with Gasteiger partial charge in [0.2, 0.25) is 0 Å². The van der Waals surface area contributed by atoms with Crippen LogP contribution in [0.1, 0.15) is 31.7 Å². The maximum atomic E-state index is 4.50. The summed E-state index contributed by atoms with van der Waals surface area (Å²) in [5.74, 6) is 7.57. The Labute approximate surface area is 110 Å². The molecular weight excluding hydrogens is 222 g/mol. The monoisotopic (exact) mass is 243 g/mol. The smallest absolute Gasteiger partial charge is 0.144 e. The molecule has 1 aromatic rings. The van der Waals surface area contributed by atoms with E-state index in [1.54, 1.807) is 0 Å². The molecule has 1 aliphatic heterocycles. The predicted octanol–water partition coefficient (Wildman–Crippen LogP) is 2.03. The molecule has 0 aliphatic carbocycles. The molecule has 0 aromatic carbocycles. The lowest BCUT2D eigenvalue weighted by Gasteiger charge is -2.29. The van der Waals surface area contributed by atoms with E-state index in [1.165, 1.54) is 12.8 Å². The van der Waals surface area contributed by atoms with Crippen LogP contribution in [-0.2, 0) is 0 Å². The summed E-state index contributed by atoms with van der Waals surface area (Å²) in [5.41, 5.74) is 1.07. The first kappa shape index (κ1) is 12.9. The van der Waals surface area contributed by atoms with Crippen molar-refractivity contribution in [1.82, 2.24) is 10.3 Å². The molecule has 1 aromatic heterocycles. The number of rotatable bonds is 3. The number of hydrogen-bond acceptors (Lipinski definition) is 3. The van der Waals surface area contributed by atoms with Gasteiger partial charge in [0.05, 0.1) is 5.56 Å². The van der Waals surface area contributed by atoms with Crippen LogP contribution in [0.3, 0.4) is 0 Å². The molecule has 0 saturated carbocycles. The van der Waals surface area contributed by atoms with Gasteiger partial charge in [-0.2, -0.15) is 0 Å². The molecule has 0 radical (unpaired) electrons. The van der Waals surface area contributed by atoms with Crippen molar-refractivity contribution < 1.29 is 0 Å². The minimum atomic E-state index is 0.979. The molecule has 0 bridgehead atoms. The minimum absolute atomic E-state index is 0.979. The zero-order valence-electron chi connectivity index (χ0n) is 11.1. The van der Waals surface area contributed by atoms with E-state index in [1.807, 2.05) is 12.3 Å². The fraction of sp³-hybridized carbons (Fsp3) is 0.533. The highest BCUT2D eigenvalue weighted by Crippen LogP contribution is 2.16. The number of nitrogens with one attached hydrogen (secondary N) is 1. The van der Waals surface area contributed by atoms with E-state index >= 15 is 0 Å². The first-order valence-corrected chi connectivity index (χ1v) is 6.81.